The molecule has 2 aromatic rings. The molecule has 0 radical (unpaired) electrons. The van der Waals surface area contributed by atoms with Gasteiger partial charge >= 0.3 is 0 Å². The molecular weight excluding hydrogens is 407 g/mol. The highest BCUT2D eigenvalue weighted by Crippen LogP contribution is 2.28. The second-order valence-electron chi connectivity index (χ2n) is 7.72. The first kappa shape index (κ1) is 22.4. The van der Waals surface area contributed by atoms with Crippen molar-refractivity contribution in [2.24, 2.45) is 0 Å². The van der Waals surface area contributed by atoms with E-state index < -0.39 is 21.7 Å². The summed E-state index contributed by atoms with van der Waals surface area (Å²) in [5, 5.41) is 0. The molecule has 3 rings (SSSR count). The molecule has 0 spiro atoms. The van der Waals surface area contributed by atoms with Gasteiger partial charge in [-0.05, 0) is 63.1 Å². The van der Waals surface area contributed by atoms with Gasteiger partial charge in [0.25, 0.3) is 5.91 Å². The van der Waals surface area contributed by atoms with Crippen molar-refractivity contribution in [3.63, 3.8) is 0 Å². The lowest BCUT2D eigenvalue weighted by atomic mass is 10.1. The van der Waals surface area contributed by atoms with Crippen molar-refractivity contribution in [3.05, 3.63) is 58.9 Å². The van der Waals surface area contributed by atoms with Crippen LogP contribution in [0.4, 0.5) is 10.1 Å². The number of anilines is 1. The average Bonchev–Trinajstić information content (AvgIpc) is 2.71. The molecule has 8 heteroatoms. The van der Waals surface area contributed by atoms with Crippen LogP contribution in [0.25, 0.3) is 0 Å². The van der Waals surface area contributed by atoms with Gasteiger partial charge < -0.3 is 9.64 Å². The third-order valence-corrected chi connectivity index (χ3v) is 7.03. The second kappa shape index (κ2) is 8.83. The number of carbonyl (C=O) groups excluding carboxylic acids is 1. The first-order chi connectivity index (χ1) is 14.1. The summed E-state index contributed by atoms with van der Waals surface area (Å²) in [6, 6.07) is 8.86. The molecule has 0 aromatic heterocycles. The van der Waals surface area contributed by atoms with Crippen LogP contribution in [0.5, 0.6) is 0 Å². The van der Waals surface area contributed by atoms with Crippen molar-refractivity contribution in [1.82, 2.24) is 4.31 Å². The highest BCUT2D eigenvalue weighted by molar-refractivity contribution is 7.89. The van der Waals surface area contributed by atoms with Crippen LogP contribution in [0.15, 0.2) is 41.3 Å². The van der Waals surface area contributed by atoms with Gasteiger partial charge in [-0.3, -0.25) is 4.79 Å². The maximum Gasteiger partial charge on any atom is 0.261 e. The van der Waals surface area contributed by atoms with Crippen LogP contribution in [-0.2, 0) is 14.8 Å². The van der Waals surface area contributed by atoms with E-state index in [1.165, 1.54) is 15.3 Å². The Morgan fingerprint density at radius 1 is 1.10 bits per heavy atom. The van der Waals surface area contributed by atoms with E-state index in [-0.39, 0.29) is 29.6 Å². The summed E-state index contributed by atoms with van der Waals surface area (Å²) in [5.41, 5.74) is 2.26. The molecule has 0 unspecified atom stereocenters. The Hall–Kier alpha value is -2.29. The minimum absolute atomic E-state index is 0.0983. The third-order valence-electron chi connectivity index (χ3n) is 5.14. The molecular formula is C22H27FN2O4S. The molecule has 1 amide bonds. The zero-order valence-electron chi connectivity index (χ0n) is 17.7. The number of aryl methyl sites for hydroxylation is 2. The number of benzene rings is 2. The normalized spacial score (nSPS) is 15.4. The van der Waals surface area contributed by atoms with E-state index in [0.29, 0.717) is 18.9 Å². The molecule has 1 aliphatic rings. The van der Waals surface area contributed by atoms with Gasteiger partial charge in [0, 0.05) is 24.8 Å². The molecule has 6 nitrogen and oxygen atoms in total. The van der Waals surface area contributed by atoms with E-state index in [0.717, 1.165) is 23.3 Å². The van der Waals surface area contributed by atoms with Crippen LogP contribution in [-0.4, -0.2) is 51.0 Å². The van der Waals surface area contributed by atoms with Gasteiger partial charge in [0.1, 0.15) is 5.82 Å². The molecule has 162 valence electrons. The number of morpholine rings is 1. The molecule has 30 heavy (non-hydrogen) atoms. The Balaban J connectivity index is 2.04. The molecule has 0 aliphatic carbocycles. The number of rotatable bonds is 5. The molecule has 1 heterocycles. The van der Waals surface area contributed by atoms with E-state index in [4.69, 9.17) is 4.74 Å². The van der Waals surface area contributed by atoms with Crippen LogP contribution >= 0.6 is 0 Å². The van der Waals surface area contributed by atoms with Crippen LogP contribution in [0.3, 0.4) is 0 Å². The first-order valence-corrected chi connectivity index (χ1v) is 11.3. The number of nitrogens with zero attached hydrogens (tertiary/aromatic N) is 2. The van der Waals surface area contributed by atoms with Crippen molar-refractivity contribution in [2.75, 3.05) is 31.2 Å². The SMILES string of the molecule is Cc1ccc(C)c(N(C(=O)c2cc(S(=O)(=O)N3CCOCC3)ccc2F)C(C)C)c1. The molecule has 1 fully saturated rings. The van der Waals surface area contributed by atoms with Gasteiger partial charge in [-0.15, -0.1) is 0 Å². The van der Waals surface area contributed by atoms with Gasteiger partial charge in [0.15, 0.2) is 0 Å². The molecule has 1 aliphatic heterocycles. The number of hydrogen-bond donors (Lipinski definition) is 0. The van der Waals surface area contributed by atoms with E-state index >= 15 is 0 Å². The van der Waals surface area contributed by atoms with Crippen LogP contribution in [0, 0.1) is 19.7 Å². The summed E-state index contributed by atoms with van der Waals surface area (Å²) in [4.78, 5) is 14.8. The predicted molar refractivity (Wildman–Crippen MR) is 114 cm³/mol. The molecule has 0 N–H and O–H groups in total. The number of hydrogen-bond acceptors (Lipinski definition) is 4. The fourth-order valence-corrected chi connectivity index (χ4v) is 4.93. The Morgan fingerprint density at radius 3 is 2.40 bits per heavy atom. The van der Waals surface area contributed by atoms with Gasteiger partial charge in [0.05, 0.1) is 23.7 Å². The Morgan fingerprint density at radius 2 is 1.77 bits per heavy atom. The van der Waals surface area contributed by atoms with Crippen LogP contribution in [0.1, 0.15) is 35.3 Å². The zero-order chi connectivity index (χ0) is 22.1. The molecule has 1 saturated heterocycles. The number of amides is 1. The Bertz CT molecular complexity index is 1050. The lowest BCUT2D eigenvalue weighted by Gasteiger charge is -2.29. The summed E-state index contributed by atoms with van der Waals surface area (Å²) in [7, 11) is -3.84. The standard InChI is InChI=1S/C22H27FN2O4S/c1-15(2)25(21-13-16(3)5-6-17(21)4)22(26)19-14-18(7-8-20(19)23)30(27,28)24-9-11-29-12-10-24/h5-8,13-15H,9-12H2,1-4H3. The first-order valence-electron chi connectivity index (χ1n) is 9.91. The molecule has 2 aromatic carbocycles. The average molecular weight is 435 g/mol. The molecule has 0 atom stereocenters. The molecule has 0 bridgehead atoms. The van der Waals surface area contributed by atoms with Crippen LogP contribution < -0.4 is 4.90 Å². The fourth-order valence-electron chi connectivity index (χ4n) is 3.50. The maximum absolute atomic E-state index is 14.7. The highest BCUT2D eigenvalue weighted by Gasteiger charge is 2.30. The summed E-state index contributed by atoms with van der Waals surface area (Å²) in [6.45, 7) is 8.54. The fraction of sp³-hybridized carbons (Fsp3) is 0.409. The van der Waals surface area contributed by atoms with Crippen molar-refractivity contribution < 1.29 is 22.3 Å². The van der Waals surface area contributed by atoms with Crippen LogP contribution in [0.2, 0.25) is 0 Å². The van der Waals surface area contributed by atoms with Crippen molar-refractivity contribution in [1.29, 1.82) is 0 Å². The monoisotopic (exact) mass is 434 g/mol. The highest BCUT2D eigenvalue weighted by atomic mass is 32.2. The van der Waals surface area contributed by atoms with Gasteiger partial charge in [-0.25, -0.2) is 12.8 Å². The van der Waals surface area contributed by atoms with Crippen molar-refractivity contribution >= 4 is 21.6 Å². The quantitative estimate of drug-likeness (QED) is 0.722. The lowest BCUT2D eigenvalue weighted by molar-refractivity contribution is 0.0730. The number of carbonyl (C=O) groups is 1. The van der Waals surface area contributed by atoms with Gasteiger partial charge in [-0.1, -0.05) is 12.1 Å². The largest absolute Gasteiger partial charge is 0.379 e. The summed E-state index contributed by atoms with van der Waals surface area (Å²) >= 11 is 0. The van der Waals surface area contributed by atoms with Gasteiger partial charge in [0.2, 0.25) is 10.0 Å². The molecule has 0 saturated carbocycles. The smallest absolute Gasteiger partial charge is 0.261 e. The Labute approximate surface area is 177 Å². The Kier molecular flexibility index (Phi) is 6.59. The zero-order valence-corrected chi connectivity index (χ0v) is 18.5. The van der Waals surface area contributed by atoms with E-state index in [9.17, 15) is 17.6 Å². The van der Waals surface area contributed by atoms with Crippen molar-refractivity contribution in [2.45, 2.75) is 38.6 Å². The predicted octanol–water partition coefficient (Wildman–Crippen LogP) is 3.52. The lowest BCUT2D eigenvalue weighted by Crippen LogP contribution is -2.41. The van der Waals surface area contributed by atoms with E-state index in [1.807, 2.05) is 45.9 Å². The summed E-state index contributed by atoms with van der Waals surface area (Å²) < 4.78 is 47.1. The third kappa shape index (κ3) is 4.40. The van der Waals surface area contributed by atoms with Gasteiger partial charge in [-0.2, -0.15) is 4.31 Å². The number of ether oxygens (including phenoxy) is 1. The number of halogens is 1. The topological polar surface area (TPSA) is 66.9 Å². The van der Waals surface area contributed by atoms with E-state index in [1.54, 1.807) is 0 Å². The maximum atomic E-state index is 14.7. The summed E-state index contributed by atoms with van der Waals surface area (Å²) in [5.74, 6) is -1.33. The minimum Gasteiger partial charge on any atom is -0.379 e. The van der Waals surface area contributed by atoms with E-state index in [2.05, 4.69) is 0 Å². The summed E-state index contributed by atoms with van der Waals surface area (Å²) in [6.07, 6.45) is 0. The van der Waals surface area contributed by atoms with Crippen molar-refractivity contribution in [3.8, 4) is 0 Å². The minimum atomic E-state index is -3.84. The number of sulfonamides is 1. The second-order valence-corrected chi connectivity index (χ2v) is 9.65.